The molecule has 0 saturated carbocycles. The van der Waals surface area contributed by atoms with E-state index in [0.29, 0.717) is 44.5 Å². The second-order valence-corrected chi connectivity index (χ2v) is 9.64. The Hall–Kier alpha value is -4.64. The van der Waals surface area contributed by atoms with Gasteiger partial charge >= 0.3 is 6.09 Å². The third-order valence-electron chi connectivity index (χ3n) is 6.40. The van der Waals surface area contributed by atoms with Crippen LogP contribution >= 0.6 is 0 Å². The molecule has 0 heterocycles. The molecule has 0 saturated heterocycles. The van der Waals surface area contributed by atoms with Gasteiger partial charge in [0.15, 0.2) is 5.96 Å². The van der Waals surface area contributed by atoms with Crippen LogP contribution in [0.1, 0.15) is 37.7 Å². The van der Waals surface area contributed by atoms with Crippen LogP contribution in [-0.4, -0.2) is 49.0 Å². The van der Waals surface area contributed by atoms with Crippen molar-refractivity contribution >= 4 is 40.3 Å². The normalized spacial score (nSPS) is 12.1. The van der Waals surface area contributed by atoms with Gasteiger partial charge in [0.25, 0.3) is 0 Å². The van der Waals surface area contributed by atoms with E-state index in [-0.39, 0.29) is 19.0 Å². The minimum atomic E-state index is -0.920. The topological polar surface area (TPSA) is 184 Å². The summed E-state index contributed by atoms with van der Waals surface area (Å²) in [6.45, 7) is 0.866. The van der Waals surface area contributed by atoms with Gasteiger partial charge in [0, 0.05) is 12.2 Å². The van der Waals surface area contributed by atoms with Crippen molar-refractivity contribution in [3.8, 4) is 0 Å². The Morgan fingerprint density at radius 3 is 2.22 bits per heavy atom. The number of alkyl carbamates (subject to hydrolysis) is 1. The maximum Gasteiger partial charge on any atom is 0.408 e. The molecular weight excluding hydrogens is 522 g/mol. The Kier molecular flexibility index (Phi) is 12.4. The number of unbranched alkanes of at least 4 members (excludes halogenated alkanes) is 1. The van der Waals surface area contributed by atoms with Crippen LogP contribution < -0.4 is 32.7 Å². The van der Waals surface area contributed by atoms with Gasteiger partial charge < -0.3 is 37.5 Å². The van der Waals surface area contributed by atoms with E-state index < -0.39 is 30.0 Å². The molecule has 3 amide bonds. The standard InChI is InChI=1S/C30H39N7O4/c31-17-7-6-13-26(37-30(40)41-20-21-9-2-1-3-10-21)28(39)36-25(14-8-18-34-29(32)33)27(38)35-24-16-15-22-11-4-5-12-23(22)19-24/h1-5,9-12,15-16,19,25-26H,6-8,13-14,17-18,20,31H2,(H,35,38)(H,36,39)(H,37,40)(H4,32,33,34)/t25-,26-/m0/s1. The van der Waals surface area contributed by atoms with Crippen molar-refractivity contribution in [2.24, 2.45) is 11.5 Å². The Labute approximate surface area is 239 Å². The van der Waals surface area contributed by atoms with E-state index in [1.165, 1.54) is 0 Å². The van der Waals surface area contributed by atoms with Crippen molar-refractivity contribution in [1.29, 1.82) is 5.41 Å². The molecule has 0 spiro atoms. The summed E-state index contributed by atoms with van der Waals surface area (Å²) >= 11 is 0. The molecule has 11 heteroatoms. The Bertz CT molecular complexity index is 1300. The Morgan fingerprint density at radius 1 is 0.805 bits per heavy atom. The molecule has 0 aliphatic rings. The molecule has 3 rings (SSSR count). The molecule has 41 heavy (non-hydrogen) atoms. The molecule has 2 atom stereocenters. The number of rotatable bonds is 15. The van der Waals surface area contributed by atoms with E-state index in [9.17, 15) is 14.4 Å². The fraction of sp³-hybridized carbons (Fsp3) is 0.333. The van der Waals surface area contributed by atoms with Gasteiger partial charge in [-0.1, -0.05) is 60.7 Å². The Balaban J connectivity index is 1.68. The number of carbonyl (C=O) groups is 3. The number of amides is 3. The first-order valence-electron chi connectivity index (χ1n) is 13.7. The molecule has 0 aromatic heterocycles. The molecule has 0 unspecified atom stereocenters. The molecular formula is C30H39N7O4. The third kappa shape index (κ3) is 10.8. The molecule has 3 aromatic rings. The first-order valence-corrected chi connectivity index (χ1v) is 13.7. The fourth-order valence-electron chi connectivity index (χ4n) is 4.24. The predicted molar refractivity (Wildman–Crippen MR) is 160 cm³/mol. The van der Waals surface area contributed by atoms with Crippen LogP contribution in [0.25, 0.3) is 10.8 Å². The molecule has 3 aromatic carbocycles. The highest BCUT2D eigenvalue weighted by Gasteiger charge is 2.27. The molecule has 9 N–H and O–H groups in total. The van der Waals surface area contributed by atoms with Crippen LogP contribution in [0, 0.1) is 5.41 Å². The van der Waals surface area contributed by atoms with E-state index in [1.54, 1.807) is 6.07 Å². The first kappa shape index (κ1) is 30.9. The molecule has 0 aliphatic heterocycles. The smallest absolute Gasteiger partial charge is 0.408 e. The van der Waals surface area contributed by atoms with Gasteiger partial charge in [-0.3, -0.25) is 15.0 Å². The minimum Gasteiger partial charge on any atom is -0.445 e. The average molecular weight is 562 g/mol. The van der Waals surface area contributed by atoms with E-state index in [1.807, 2.05) is 66.7 Å². The summed E-state index contributed by atoms with van der Waals surface area (Å²) < 4.78 is 5.31. The van der Waals surface area contributed by atoms with Gasteiger partial charge in [-0.25, -0.2) is 4.79 Å². The van der Waals surface area contributed by atoms with Gasteiger partial charge in [0.05, 0.1) is 0 Å². The molecule has 218 valence electrons. The first-order chi connectivity index (χ1) is 19.9. The largest absolute Gasteiger partial charge is 0.445 e. The molecule has 0 aliphatic carbocycles. The predicted octanol–water partition coefficient (Wildman–Crippen LogP) is 2.95. The van der Waals surface area contributed by atoms with Crippen molar-refractivity contribution in [3.05, 3.63) is 78.4 Å². The highest BCUT2D eigenvalue weighted by Crippen LogP contribution is 2.19. The zero-order chi connectivity index (χ0) is 29.5. The van der Waals surface area contributed by atoms with Gasteiger partial charge in [-0.05, 0) is 67.1 Å². The summed E-state index contributed by atoms with van der Waals surface area (Å²) in [5, 5.41) is 20.4. The number of fused-ring (bicyclic) bond motifs is 1. The SMILES string of the molecule is N=C(N)NCCC[C@H](NC(=O)[C@H](CCCCN)NC(=O)OCc1ccccc1)C(=O)Nc1ccc2ccccc2c1. The second-order valence-electron chi connectivity index (χ2n) is 9.64. The van der Waals surface area contributed by atoms with E-state index in [2.05, 4.69) is 21.3 Å². The van der Waals surface area contributed by atoms with E-state index in [0.717, 1.165) is 16.3 Å². The number of hydrogen-bond acceptors (Lipinski definition) is 6. The summed E-state index contributed by atoms with van der Waals surface area (Å²) in [5.41, 5.74) is 12.4. The molecule has 0 fully saturated rings. The second kappa shape index (κ2) is 16.5. The molecule has 11 nitrogen and oxygen atoms in total. The summed E-state index contributed by atoms with van der Waals surface area (Å²) in [6.07, 6.45) is 1.61. The lowest BCUT2D eigenvalue weighted by molar-refractivity contribution is -0.128. The summed E-state index contributed by atoms with van der Waals surface area (Å²) in [5.74, 6) is -1.08. The van der Waals surface area contributed by atoms with Crippen LogP contribution in [0.5, 0.6) is 0 Å². The maximum absolute atomic E-state index is 13.4. The van der Waals surface area contributed by atoms with Crippen molar-refractivity contribution in [1.82, 2.24) is 16.0 Å². The van der Waals surface area contributed by atoms with Gasteiger partial charge in [-0.15, -0.1) is 0 Å². The third-order valence-corrected chi connectivity index (χ3v) is 6.40. The van der Waals surface area contributed by atoms with Gasteiger partial charge in [0.1, 0.15) is 18.7 Å². The van der Waals surface area contributed by atoms with Crippen LogP contribution in [0.2, 0.25) is 0 Å². The van der Waals surface area contributed by atoms with E-state index in [4.69, 9.17) is 21.6 Å². The zero-order valence-corrected chi connectivity index (χ0v) is 23.0. The number of anilines is 1. The minimum absolute atomic E-state index is 0.0593. The van der Waals surface area contributed by atoms with Gasteiger partial charge in [0.2, 0.25) is 11.8 Å². The molecule has 0 bridgehead atoms. The lowest BCUT2D eigenvalue weighted by atomic mass is 10.1. The van der Waals surface area contributed by atoms with Crippen LogP contribution in [0.15, 0.2) is 72.8 Å². The van der Waals surface area contributed by atoms with Crippen LogP contribution in [-0.2, 0) is 20.9 Å². The van der Waals surface area contributed by atoms with Gasteiger partial charge in [-0.2, -0.15) is 0 Å². The maximum atomic E-state index is 13.4. The molecule has 0 radical (unpaired) electrons. The quantitative estimate of drug-likeness (QED) is 0.0844. The van der Waals surface area contributed by atoms with Crippen molar-refractivity contribution in [2.75, 3.05) is 18.4 Å². The number of benzene rings is 3. The van der Waals surface area contributed by atoms with Crippen LogP contribution in [0.3, 0.4) is 0 Å². The number of hydrogen-bond donors (Lipinski definition) is 7. The monoisotopic (exact) mass is 561 g/mol. The number of ether oxygens (including phenoxy) is 1. The fourth-order valence-corrected chi connectivity index (χ4v) is 4.24. The lowest BCUT2D eigenvalue weighted by Crippen LogP contribution is -2.52. The van der Waals surface area contributed by atoms with Crippen molar-refractivity contribution in [3.63, 3.8) is 0 Å². The van der Waals surface area contributed by atoms with Crippen molar-refractivity contribution < 1.29 is 19.1 Å². The Morgan fingerprint density at radius 2 is 1.49 bits per heavy atom. The number of nitrogens with one attached hydrogen (secondary N) is 5. The number of nitrogens with two attached hydrogens (primary N) is 2. The summed E-state index contributed by atoms with van der Waals surface area (Å²) in [7, 11) is 0. The number of carbonyl (C=O) groups excluding carboxylic acids is 3. The summed E-state index contributed by atoms with van der Waals surface area (Å²) in [4.78, 5) is 39.3. The van der Waals surface area contributed by atoms with Crippen LogP contribution in [0.4, 0.5) is 10.5 Å². The highest BCUT2D eigenvalue weighted by atomic mass is 16.5. The van der Waals surface area contributed by atoms with E-state index >= 15 is 0 Å². The number of guanidine groups is 1. The lowest BCUT2D eigenvalue weighted by Gasteiger charge is -2.23. The summed E-state index contributed by atoms with van der Waals surface area (Å²) in [6, 6.07) is 20.8. The van der Waals surface area contributed by atoms with Crippen molar-refractivity contribution in [2.45, 2.75) is 50.8 Å². The zero-order valence-electron chi connectivity index (χ0n) is 23.0. The highest BCUT2D eigenvalue weighted by molar-refractivity contribution is 5.99. The average Bonchev–Trinajstić information content (AvgIpc) is 2.97.